The lowest BCUT2D eigenvalue weighted by Gasteiger charge is -2.26. The normalized spacial score (nSPS) is 16.3. The molecule has 4 aromatic rings. The number of halogens is 4. The van der Waals surface area contributed by atoms with Crippen LogP contribution in [-0.4, -0.2) is 51.2 Å². The molecule has 5 rings (SSSR count). The van der Waals surface area contributed by atoms with Crippen LogP contribution in [0.15, 0.2) is 52.9 Å². The minimum absolute atomic E-state index is 0.0230. The van der Waals surface area contributed by atoms with E-state index in [0.717, 1.165) is 67.4 Å². The van der Waals surface area contributed by atoms with Crippen molar-refractivity contribution in [3.05, 3.63) is 87.5 Å². The predicted molar refractivity (Wildman–Crippen MR) is 176 cm³/mol. The van der Waals surface area contributed by atoms with Gasteiger partial charge in [0.2, 0.25) is 0 Å². The Kier molecular flexibility index (Phi) is 10.1. The number of hydrogen-bond donors (Lipinski definition) is 3. The highest BCUT2D eigenvalue weighted by Gasteiger charge is 2.33. The fraction of sp³-hybridized carbons (Fsp3) is 0.394. The highest BCUT2D eigenvalue weighted by atomic mass is 35.5. The number of benzene rings is 2. The van der Waals surface area contributed by atoms with Gasteiger partial charge < -0.3 is 20.4 Å². The van der Waals surface area contributed by atoms with E-state index in [9.17, 15) is 13.2 Å². The molecule has 238 valence electrons. The summed E-state index contributed by atoms with van der Waals surface area (Å²) in [5.41, 5.74) is 7.63. The van der Waals surface area contributed by atoms with Crippen LogP contribution < -0.4 is 11.1 Å². The summed E-state index contributed by atoms with van der Waals surface area (Å²) in [6.45, 7) is 7.13. The van der Waals surface area contributed by atoms with Crippen LogP contribution in [0.5, 0.6) is 0 Å². The average molecular weight is 657 g/mol. The molecule has 12 heteroatoms. The number of nitrogens with two attached hydrogens (primary N) is 1. The van der Waals surface area contributed by atoms with Crippen molar-refractivity contribution in [3.8, 4) is 0 Å². The third-order valence-electron chi connectivity index (χ3n) is 8.23. The average Bonchev–Trinajstić information content (AvgIpc) is 3.60. The monoisotopic (exact) mass is 656 g/mol. The summed E-state index contributed by atoms with van der Waals surface area (Å²) in [5, 5.41) is 12.0. The molecule has 0 amide bonds. The highest BCUT2D eigenvalue weighted by Crippen LogP contribution is 2.35. The number of rotatable bonds is 12. The Morgan fingerprint density at radius 2 is 1.98 bits per heavy atom. The minimum Gasteiger partial charge on any atom is -0.461 e. The Bertz CT molecular complexity index is 1710. The second-order valence-corrected chi connectivity index (χ2v) is 12.6. The van der Waals surface area contributed by atoms with Gasteiger partial charge in [-0.15, -0.1) is 0 Å². The quantitative estimate of drug-likeness (QED) is 0.0829. The number of hydrogen-bond acceptors (Lipinski definition) is 7. The standard InChI is InChI=1S/C33H36ClF3N6OS/c1-3-43-11-10-22(18-43)28(8-6-24-16-23-15-21(32(38)39)5-9-29(23)44-24)41-30-12-19(2)40-31(42-30)17-25(45)13-20-4-7-26(27(34)14-20)33(35,36)37/h4-5,7,9,12,14-16,22,28H,3,6,8,10-11,13,17-18H2,1-2H3,(H3,38,39)(H,40,41,42). The Hall–Kier alpha value is -3.54. The van der Waals surface area contributed by atoms with Crippen LogP contribution in [-0.2, 0) is 25.4 Å². The molecule has 2 atom stereocenters. The molecule has 1 saturated heterocycles. The van der Waals surface area contributed by atoms with Crippen molar-refractivity contribution >= 4 is 51.3 Å². The van der Waals surface area contributed by atoms with E-state index < -0.39 is 11.7 Å². The van der Waals surface area contributed by atoms with Crippen molar-refractivity contribution in [2.24, 2.45) is 11.7 Å². The lowest BCUT2D eigenvalue weighted by Crippen LogP contribution is -2.33. The summed E-state index contributed by atoms with van der Waals surface area (Å²) in [7, 11) is 0. The molecule has 3 heterocycles. The molecule has 1 aliphatic rings. The fourth-order valence-corrected chi connectivity index (χ4v) is 6.53. The number of aromatic nitrogens is 2. The topological polar surface area (TPSA) is 104 Å². The van der Waals surface area contributed by atoms with Crippen molar-refractivity contribution in [2.75, 3.05) is 25.0 Å². The van der Waals surface area contributed by atoms with Crippen molar-refractivity contribution < 1.29 is 17.6 Å². The number of nitrogen functional groups attached to an aromatic ring is 1. The molecule has 2 unspecified atom stereocenters. The zero-order chi connectivity index (χ0) is 32.3. The number of amidine groups is 1. The van der Waals surface area contributed by atoms with Gasteiger partial charge in [-0.05, 0) is 80.7 Å². The van der Waals surface area contributed by atoms with Gasteiger partial charge in [-0.3, -0.25) is 5.41 Å². The zero-order valence-corrected chi connectivity index (χ0v) is 26.8. The molecule has 0 saturated carbocycles. The van der Waals surface area contributed by atoms with Crippen LogP contribution in [0.1, 0.15) is 53.7 Å². The maximum atomic E-state index is 13.1. The number of aryl methyl sites for hydroxylation is 2. The second kappa shape index (κ2) is 13.8. The first-order valence-electron chi connectivity index (χ1n) is 15.0. The third-order valence-corrected chi connectivity index (χ3v) is 8.84. The Morgan fingerprint density at radius 1 is 1.18 bits per heavy atom. The minimum atomic E-state index is -4.51. The maximum absolute atomic E-state index is 13.1. The molecule has 1 fully saturated rings. The van der Waals surface area contributed by atoms with E-state index in [1.807, 2.05) is 31.2 Å². The van der Waals surface area contributed by atoms with Gasteiger partial charge in [0.15, 0.2) is 0 Å². The SMILES string of the molecule is CCN1CCC(C(CCc2cc3cc(C(=N)N)ccc3o2)Nc2cc(C)nc(CC(=S)Cc3ccc(C(F)(F)F)c(Cl)c3)n2)C1. The molecule has 0 bridgehead atoms. The Morgan fingerprint density at radius 3 is 2.67 bits per heavy atom. The first-order valence-corrected chi connectivity index (χ1v) is 15.7. The number of nitrogens with one attached hydrogen (secondary N) is 2. The van der Waals surface area contributed by atoms with Crippen LogP contribution in [0, 0.1) is 18.3 Å². The summed E-state index contributed by atoms with van der Waals surface area (Å²) in [5.74, 6) is 2.59. The van der Waals surface area contributed by atoms with Gasteiger partial charge in [0.25, 0.3) is 0 Å². The molecule has 0 radical (unpaired) electrons. The van der Waals surface area contributed by atoms with Crippen LogP contribution in [0.3, 0.4) is 0 Å². The van der Waals surface area contributed by atoms with Gasteiger partial charge in [-0.25, -0.2) is 9.97 Å². The molecule has 1 aliphatic heterocycles. The largest absolute Gasteiger partial charge is 0.461 e. The van der Waals surface area contributed by atoms with E-state index in [4.69, 9.17) is 44.4 Å². The summed E-state index contributed by atoms with van der Waals surface area (Å²) in [6, 6.07) is 13.3. The van der Waals surface area contributed by atoms with Crippen LogP contribution in [0.4, 0.5) is 19.0 Å². The summed E-state index contributed by atoms with van der Waals surface area (Å²) in [4.78, 5) is 12.4. The first kappa shape index (κ1) is 32.8. The number of alkyl halides is 3. The van der Waals surface area contributed by atoms with Gasteiger partial charge in [0, 0.05) is 59.4 Å². The van der Waals surface area contributed by atoms with Crippen molar-refractivity contribution in [1.82, 2.24) is 14.9 Å². The zero-order valence-electron chi connectivity index (χ0n) is 25.2. The van der Waals surface area contributed by atoms with Gasteiger partial charge in [0.05, 0.1) is 10.6 Å². The fourth-order valence-electron chi connectivity index (χ4n) is 5.93. The number of likely N-dealkylation sites (tertiary alicyclic amines) is 1. The predicted octanol–water partition coefficient (Wildman–Crippen LogP) is 7.40. The van der Waals surface area contributed by atoms with Crippen LogP contribution in [0.25, 0.3) is 11.0 Å². The summed E-state index contributed by atoms with van der Waals surface area (Å²) < 4.78 is 45.4. The van der Waals surface area contributed by atoms with E-state index in [0.29, 0.717) is 40.0 Å². The van der Waals surface area contributed by atoms with Gasteiger partial charge in [-0.1, -0.05) is 36.8 Å². The lowest BCUT2D eigenvalue weighted by atomic mass is 9.94. The molecular formula is C33H36ClF3N6OS. The molecule has 4 N–H and O–H groups in total. The van der Waals surface area contributed by atoms with Crippen molar-refractivity contribution in [1.29, 1.82) is 5.41 Å². The van der Waals surface area contributed by atoms with Gasteiger partial charge in [0.1, 0.15) is 28.8 Å². The third kappa shape index (κ3) is 8.39. The smallest absolute Gasteiger partial charge is 0.417 e. The van der Waals surface area contributed by atoms with Crippen LogP contribution >= 0.6 is 23.8 Å². The molecule has 0 aliphatic carbocycles. The Balaban J connectivity index is 1.29. The van der Waals surface area contributed by atoms with Crippen LogP contribution in [0.2, 0.25) is 5.02 Å². The summed E-state index contributed by atoms with van der Waals surface area (Å²) in [6.07, 6.45) is -1.29. The second-order valence-electron chi connectivity index (χ2n) is 11.6. The number of anilines is 1. The highest BCUT2D eigenvalue weighted by molar-refractivity contribution is 7.80. The van der Waals surface area contributed by atoms with Gasteiger partial charge >= 0.3 is 6.18 Å². The molecule has 45 heavy (non-hydrogen) atoms. The molecule has 2 aromatic carbocycles. The number of furan rings is 1. The van der Waals surface area contributed by atoms with E-state index >= 15 is 0 Å². The molecule has 0 spiro atoms. The van der Waals surface area contributed by atoms with E-state index in [2.05, 4.69) is 22.1 Å². The number of fused-ring (bicyclic) bond motifs is 1. The van der Waals surface area contributed by atoms with E-state index in [-0.39, 0.29) is 23.3 Å². The molecule has 2 aromatic heterocycles. The lowest BCUT2D eigenvalue weighted by molar-refractivity contribution is -0.137. The van der Waals surface area contributed by atoms with Crippen molar-refractivity contribution in [3.63, 3.8) is 0 Å². The van der Waals surface area contributed by atoms with Crippen molar-refractivity contribution in [2.45, 2.75) is 58.2 Å². The first-order chi connectivity index (χ1) is 21.4. The Labute approximate surface area is 270 Å². The molecular weight excluding hydrogens is 621 g/mol. The van der Waals surface area contributed by atoms with E-state index in [1.54, 1.807) is 6.07 Å². The summed E-state index contributed by atoms with van der Waals surface area (Å²) >= 11 is 11.5. The van der Waals surface area contributed by atoms with Gasteiger partial charge in [-0.2, -0.15) is 13.2 Å². The molecule has 7 nitrogen and oxygen atoms in total. The number of nitrogens with zero attached hydrogens (tertiary/aromatic N) is 3. The maximum Gasteiger partial charge on any atom is 0.417 e. The van der Waals surface area contributed by atoms with E-state index in [1.165, 1.54) is 12.1 Å². The number of thiocarbonyl (C=S) groups is 1.